The number of alkyl halides is 15. The molecule has 5 aromatic carbocycles. The highest BCUT2D eigenvalue weighted by Gasteiger charge is 2.49. The van der Waals surface area contributed by atoms with E-state index in [0.717, 1.165) is 69.4 Å². The van der Waals surface area contributed by atoms with E-state index >= 15 is 0 Å². The van der Waals surface area contributed by atoms with Crippen LogP contribution in [0.15, 0.2) is 91.0 Å². The van der Waals surface area contributed by atoms with Crippen LogP contribution in [0.5, 0.6) is 28.7 Å². The van der Waals surface area contributed by atoms with Crippen molar-refractivity contribution in [2.45, 2.75) is 153 Å². The first kappa shape index (κ1) is 119. The zero-order valence-corrected chi connectivity index (χ0v) is 81.6. The lowest BCUT2D eigenvalue weighted by Crippen LogP contribution is -2.39. The summed E-state index contributed by atoms with van der Waals surface area (Å²) in [5, 5.41) is 0. The third kappa shape index (κ3) is 44.8. The number of rotatable bonds is 29. The van der Waals surface area contributed by atoms with Crippen molar-refractivity contribution >= 4 is 223 Å². The summed E-state index contributed by atoms with van der Waals surface area (Å²) >= 11 is 9.15. The van der Waals surface area contributed by atoms with E-state index in [4.69, 9.17) is 23.7 Å². The van der Waals surface area contributed by atoms with Crippen LogP contribution < -0.4 is 23.7 Å². The van der Waals surface area contributed by atoms with Crippen molar-refractivity contribution < 1.29 is 226 Å². The maximum absolute atomic E-state index is 13.0. The first-order chi connectivity index (χ1) is 60.1. The van der Waals surface area contributed by atoms with Gasteiger partial charge in [-0.2, -0.15) is 65.9 Å². The maximum Gasteiger partial charge on any atom is 0.426 e. The van der Waals surface area contributed by atoms with Gasteiger partial charge in [0.05, 0.1) is 97.1 Å². The monoisotopic (exact) mass is 2570 g/mol. The summed E-state index contributed by atoms with van der Waals surface area (Å²) in [5.41, 5.74) is -2.52. The molecule has 5 unspecified atom stereocenters. The molecule has 0 N–H and O–H groups in total. The van der Waals surface area contributed by atoms with Crippen molar-refractivity contribution in [1.82, 2.24) is 0 Å². The minimum Gasteiger partial charge on any atom is -0.748 e. The first-order valence-electron chi connectivity index (χ1n) is 36.1. The molecular weight excluding hydrogens is 2500 g/mol. The molecule has 2 saturated carbocycles. The molecule has 5 atom stereocenters. The Morgan fingerprint density at radius 3 is 0.720 bits per heavy atom. The molecule has 7 rings (SSSR count). The van der Waals surface area contributed by atoms with Gasteiger partial charge in [-0.25, -0.2) is 66.1 Å². The highest BCUT2D eigenvalue weighted by molar-refractivity contribution is 14.1. The number of hydrogen-bond donors (Lipinski definition) is 0. The van der Waals surface area contributed by atoms with E-state index in [-0.39, 0.29) is 47.0 Å². The maximum atomic E-state index is 13.0. The Morgan fingerprint density at radius 1 is 0.333 bits per heavy atom. The van der Waals surface area contributed by atoms with Crippen LogP contribution in [0, 0.1) is 35.6 Å². The number of esters is 10. The average Bonchev–Trinajstić information content (AvgIpc) is 1.23. The number of halogens is 20. The number of ether oxygens (including phenoxy) is 10. The molecule has 2 aliphatic rings. The highest BCUT2D eigenvalue weighted by Crippen LogP contribution is 2.37. The van der Waals surface area contributed by atoms with E-state index in [9.17, 15) is 179 Å². The molecule has 2 aliphatic carbocycles. The molecule has 0 aromatic heterocycles. The normalized spacial score (nSPS) is 14.8. The van der Waals surface area contributed by atoms with Gasteiger partial charge in [0.1, 0.15) is 56.6 Å². The summed E-state index contributed by atoms with van der Waals surface area (Å²) in [7, 11) is -26.6. The van der Waals surface area contributed by atoms with Crippen LogP contribution in [-0.4, -0.2) is 215 Å². The van der Waals surface area contributed by atoms with Gasteiger partial charge in [0.15, 0.2) is 0 Å². The molecule has 5 aromatic rings. The number of carbonyl (C=O) groups is 10. The van der Waals surface area contributed by atoms with Gasteiger partial charge in [-0.05, 0) is 230 Å². The fourth-order valence-electron chi connectivity index (χ4n) is 10.1. The van der Waals surface area contributed by atoms with E-state index in [1.807, 2.05) is 90.4 Å². The summed E-state index contributed by atoms with van der Waals surface area (Å²) in [4.78, 5) is 119. The molecule has 0 spiro atoms. The molecule has 132 heavy (non-hydrogen) atoms. The van der Waals surface area contributed by atoms with Crippen molar-refractivity contribution in [2.24, 2.45) is 17.8 Å². The second-order valence-electron chi connectivity index (χ2n) is 27.2. The quantitative estimate of drug-likeness (QED) is 0.0107. The minimum atomic E-state index is -5.32. The summed E-state index contributed by atoms with van der Waals surface area (Å²) in [6, 6.07) is 18.3. The Labute approximate surface area is 807 Å². The van der Waals surface area contributed by atoms with E-state index < -0.39 is 234 Å². The van der Waals surface area contributed by atoms with Gasteiger partial charge in [-0.3, -0.25) is 24.0 Å². The molecule has 60 heteroatoms. The molecule has 35 nitrogen and oxygen atoms in total. The Kier molecular flexibility index (Phi) is 45.9. The van der Waals surface area contributed by atoms with Crippen LogP contribution in [0.3, 0.4) is 0 Å². The SMILES string of the molecule is CC(=O)Oc1cc(I)ccc1C(=O)OC(CS(=O)(=O)[O-])C(F)(F)F.CC(C)C(=O)Oc1cc(I)ccc1C(=O)OC(CS(=O)(=O)[O-])C(F)(F)F.CCC(=O)Oc1cc(I)ccc1C(=O)OC(CS(=O)(=O)[O-])C(F)(F)F.O=C(OC(CS(=O)(=O)[O-])C(F)(F)F)c1ccc(I)cc1OC(=O)C1CCCC1.O=C(OC(CS(=O)(=O)[O-])C(F)(F)F)c1ccc(I)cc1OC(=O)C1CCCCC1. The Balaban J connectivity index is 0.000000426. The highest BCUT2D eigenvalue weighted by atomic mass is 127. The van der Waals surface area contributed by atoms with Crippen LogP contribution in [0.1, 0.15) is 144 Å². The van der Waals surface area contributed by atoms with E-state index in [1.165, 1.54) is 81.4 Å². The summed E-state index contributed by atoms with van der Waals surface area (Å²) in [5.74, 6) is -24.1. The zero-order chi connectivity index (χ0) is 101. The summed E-state index contributed by atoms with van der Waals surface area (Å²) in [6.07, 6.45) is -35.3. The molecule has 738 valence electrons. The molecule has 0 bridgehead atoms. The topological polar surface area (TPSA) is 549 Å². The van der Waals surface area contributed by atoms with Crippen LogP contribution in [0.25, 0.3) is 0 Å². The van der Waals surface area contributed by atoms with Crippen LogP contribution in [0.4, 0.5) is 65.9 Å². The lowest BCUT2D eigenvalue weighted by molar-refractivity contribution is -0.197. The van der Waals surface area contributed by atoms with Crippen LogP contribution in [-0.2, 0) is 98.2 Å². The fourth-order valence-corrected chi connectivity index (χ4v) is 15.5. The first-order valence-corrected chi connectivity index (χ1v) is 49.4. The molecule has 0 aliphatic heterocycles. The predicted molar refractivity (Wildman–Crippen MR) is 452 cm³/mol. The number of benzene rings is 5. The van der Waals surface area contributed by atoms with Gasteiger partial charge < -0.3 is 70.1 Å². The minimum absolute atomic E-state index is 0.0560. The largest absolute Gasteiger partial charge is 0.748 e. The third-order valence-corrected chi connectivity index (χ3v) is 23.1. The Morgan fingerprint density at radius 2 is 0.530 bits per heavy atom. The van der Waals surface area contributed by atoms with E-state index in [2.05, 4.69) is 23.7 Å². The zero-order valence-electron chi connectivity index (χ0n) is 66.8. The molecule has 2 fully saturated rings. The van der Waals surface area contributed by atoms with Gasteiger partial charge in [0.2, 0.25) is 30.5 Å². The standard InChI is InChI=1S/C17H18F3IO7S.C16H16F3IO7S.C14H14F3IO7S.C13H12F3IO7S.C12H10F3IO7S/c18-17(19,20)14(9-29(24,25)26)28-16(23)12-7-6-11(21)8-13(12)27-15(22)10-4-2-1-3-5-10;17-16(18,19)13(8-28(23,24)25)27-15(22)11-6-5-10(20)7-12(11)26-14(21)9-3-1-2-4-9;1-7(2)12(19)24-10-5-8(18)3-4-9(10)13(20)25-11(14(15,16)17)6-26(21,22)23;1-2-11(18)23-9-5-7(17)3-4-8(9)12(19)24-10(13(14,15)16)6-25(20,21)22;1-6(17)22-9-4-7(16)2-3-8(9)11(18)23-10(12(13,14)15)5-24(19,20)21/h6-8,10,14H,1-5,9H2,(H,24,25,26);5-7,9,13H,1-4,8H2,(H,23,24,25);3-5,7,11H,6H2,1-2H3,(H,21,22,23);3-5,10H,2,6H2,1H3,(H,20,21,22);2-4,10H,5H2,1H3,(H,19,20,21)/p-5. The van der Waals surface area contributed by atoms with Gasteiger partial charge in [-0.15, -0.1) is 0 Å². The fraction of sp³-hybridized carbons (Fsp3) is 0.444. The second kappa shape index (κ2) is 50.9. The molecule has 0 radical (unpaired) electrons. The van der Waals surface area contributed by atoms with E-state index in [1.54, 1.807) is 22.6 Å². The number of hydrogen-bond acceptors (Lipinski definition) is 35. The van der Waals surface area contributed by atoms with Crippen molar-refractivity contribution in [3.8, 4) is 28.7 Å². The van der Waals surface area contributed by atoms with Crippen molar-refractivity contribution in [3.05, 3.63) is 137 Å². The van der Waals surface area contributed by atoms with E-state index in [0.29, 0.717) is 43.5 Å². The third-order valence-electron chi connectivity index (χ3n) is 16.2. The van der Waals surface area contributed by atoms with Gasteiger partial charge in [-0.1, -0.05) is 52.9 Å². The van der Waals surface area contributed by atoms with Crippen LogP contribution >= 0.6 is 113 Å². The molecule has 0 amide bonds. The Bertz CT molecular complexity index is 5580. The summed E-state index contributed by atoms with van der Waals surface area (Å²) < 4.78 is 401. The lowest BCUT2D eigenvalue weighted by Gasteiger charge is -2.23. The van der Waals surface area contributed by atoms with Crippen molar-refractivity contribution in [3.63, 3.8) is 0 Å². The summed E-state index contributed by atoms with van der Waals surface area (Å²) in [6.45, 7) is 5.49. The molecule has 0 saturated heterocycles. The number of carbonyl (C=O) groups excluding carboxylic acids is 10. The molecule has 0 heterocycles. The van der Waals surface area contributed by atoms with Gasteiger partial charge in [0.25, 0.3) is 0 Å². The van der Waals surface area contributed by atoms with Crippen molar-refractivity contribution in [1.29, 1.82) is 0 Å². The van der Waals surface area contributed by atoms with Gasteiger partial charge >= 0.3 is 90.6 Å². The van der Waals surface area contributed by atoms with Crippen molar-refractivity contribution in [2.75, 3.05) is 28.8 Å². The predicted octanol–water partition coefficient (Wildman–Crippen LogP) is 13.0. The lowest BCUT2D eigenvalue weighted by atomic mass is 9.89. The molecular formula is C72H65F15I5O35S5-5. The second-order valence-corrected chi connectivity index (χ2v) is 40.6. The average molecular weight is 2570 g/mol. The smallest absolute Gasteiger partial charge is 0.426 e. The van der Waals surface area contributed by atoms with Gasteiger partial charge in [0, 0.05) is 31.2 Å². The Hall–Kier alpha value is -7.05. The van der Waals surface area contributed by atoms with Crippen LogP contribution in [0.2, 0.25) is 0 Å².